The first-order valence-corrected chi connectivity index (χ1v) is 9.68. The zero-order valence-electron chi connectivity index (χ0n) is 15.8. The number of nitrogens with one attached hydrogen (secondary N) is 2. The molecule has 148 valence electrons. The number of benzene rings is 3. The van der Waals surface area contributed by atoms with Gasteiger partial charge in [-0.25, -0.2) is 0 Å². The molecule has 6 heteroatoms. The minimum absolute atomic E-state index is 0.0132. The number of ketones is 1. The van der Waals surface area contributed by atoms with E-state index in [1.54, 1.807) is 60.7 Å². The second kappa shape index (κ2) is 8.35. The third-order valence-corrected chi connectivity index (χ3v) is 5.04. The normalized spacial score (nSPS) is 10.7. The maximum atomic E-state index is 12.9. The number of aromatic amines is 1. The minimum atomic E-state index is -0.493. The van der Waals surface area contributed by atoms with E-state index in [9.17, 15) is 14.4 Å². The zero-order chi connectivity index (χ0) is 21.1. The standard InChI is InChI=1S/C24H17ClN2O3/c25-18-9-6-15(7-10-18)13-27-24(30)20-14-26-21-11-8-17(12-19(21)23(20)29)22(28)16-4-2-1-3-5-16/h1-12,14H,13H2,(H,26,29)(H,27,30). The molecular formula is C24H17ClN2O3. The van der Waals surface area contributed by atoms with Gasteiger partial charge in [0.2, 0.25) is 5.43 Å². The van der Waals surface area contributed by atoms with Gasteiger partial charge in [0, 0.05) is 39.8 Å². The third kappa shape index (κ3) is 4.02. The summed E-state index contributed by atoms with van der Waals surface area (Å²) in [7, 11) is 0. The van der Waals surface area contributed by atoms with Crippen molar-refractivity contribution in [2.75, 3.05) is 0 Å². The summed E-state index contributed by atoms with van der Waals surface area (Å²) in [6, 6.07) is 20.8. The van der Waals surface area contributed by atoms with Gasteiger partial charge in [-0.15, -0.1) is 0 Å². The van der Waals surface area contributed by atoms with Gasteiger partial charge in [0.1, 0.15) is 5.56 Å². The molecule has 3 aromatic carbocycles. The Hall–Kier alpha value is -3.70. The van der Waals surface area contributed by atoms with Crippen LogP contribution in [-0.4, -0.2) is 16.7 Å². The van der Waals surface area contributed by atoms with Crippen molar-refractivity contribution in [1.82, 2.24) is 10.3 Å². The number of pyridine rings is 1. The number of carbonyl (C=O) groups excluding carboxylic acids is 2. The number of hydrogen-bond acceptors (Lipinski definition) is 3. The average molecular weight is 417 g/mol. The molecule has 0 unspecified atom stereocenters. The van der Waals surface area contributed by atoms with Gasteiger partial charge in [-0.2, -0.15) is 0 Å². The van der Waals surface area contributed by atoms with Crippen LogP contribution in [-0.2, 0) is 6.54 Å². The second-order valence-corrected chi connectivity index (χ2v) is 7.23. The van der Waals surface area contributed by atoms with Gasteiger partial charge >= 0.3 is 0 Å². The van der Waals surface area contributed by atoms with Crippen LogP contribution in [0.5, 0.6) is 0 Å². The second-order valence-electron chi connectivity index (χ2n) is 6.80. The lowest BCUT2D eigenvalue weighted by Gasteiger charge is -2.07. The molecule has 0 radical (unpaired) electrons. The summed E-state index contributed by atoms with van der Waals surface area (Å²) < 4.78 is 0. The topological polar surface area (TPSA) is 79.0 Å². The van der Waals surface area contributed by atoms with Crippen molar-refractivity contribution in [3.63, 3.8) is 0 Å². The van der Waals surface area contributed by atoms with Crippen molar-refractivity contribution in [1.29, 1.82) is 0 Å². The molecule has 1 aromatic heterocycles. The first kappa shape index (κ1) is 19.6. The third-order valence-electron chi connectivity index (χ3n) is 4.79. The number of hydrogen-bond donors (Lipinski definition) is 2. The molecule has 1 amide bonds. The van der Waals surface area contributed by atoms with E-state index in [0.29, 0.717) is 21.7 Å². The van der Waals surface area contributed by atoms with Gasteiger partial charge in [0.15, 0.2) is 5.78 Å². The molecule has 0 aliphatic heterocycles. The Balaban J connectivity index is 1.62. The number of amides is 1. The van der Waals surface area contributed by atoms with E-state index >= 15 is 0 Å². The van der Waals surface area contributed by atoms with E-state index in [0.717, 1.165) is 5.56 Å². The summed E-state index contributed by atoms with van der Waals surface area (Å²) in [5.41, 5.74) is 1.89. The highest BCUT2D eigenvalue weighted by atomic mass is 35.5. The minimum Gasteiger partial charge on any atom is -0.360 e. The molecule has 2 N–H and O–H groups in total. The number of H-pyrrole nitrogens is 1. The van der Waals surface area contributed by atoms with Crippen molar-refractivity contribution in [2.24, 2.45) is 0 Å². The number of aromatic nitrogens is 1. The predicted molar refractivity (Wildman–Crippen MR) is 117 cm³/mol. The highest BCUT2D eigenvalue weighted by molar-refractivity contribution is 6.30. The molecule has 4 rings (SSSR count). The Kier molecular flexibility index (Phi) is 5.46. The molecule has 0 fully saturated rings. The molecule has 0 aliphatic carbocycles. The van der Waals surface area contributed by atoms with E-state index in [-0.39, 0.29) is 23.3 Å². The van der Waals surface area contributed by atoms with Crippen molar-refractivity contribution in [3.8, 4) is 0 Å². The van der Waals surface area contributed by atoms with E-state index in [1.807, 2.05) is 6.07 Å². The predicted octanol–water partition coefficient (Wildman–Crippen LogP) is 4.34. The zero-order valence-corrected chi connectivity index (χ0v) is 16.6. The van der Waals surface area contributed by atoms with Crippen LogP contribution in [0.4, 0.5) is 0 Å². The van der Waals surface area contributed by atoms with Gasteiger partial charge < -0.3 is 10.3 Å². The molecule has 0 bridgehead atoms. The molecule has 4 aromatic rings. The van der Waals surface area contributed by atoms with E-state index in [2.05, 4.69) is 10.3 Å². The van der Waals surface area contributed by atoms with Crippen molar-refractivity contribution < 1.29 is 9.59 Å². The molecule has 0 aliphatic rings. The molecule has 5 nitrogen and oxygen atoms in total. The number of fused-ring (bicyclic) bond motifs is 1. The summed E-state index contributed by atoms with van der Waals surface area (Å²) in [5.74, 6) is -0.678. The molecule has 1 heterocycles. The molecule has 0 atom stereocenters. The van der Waals surface area contributed by atoms with Crippen LogP contribution in [0, 0.1) is 0 Å². The SMILES string of the molecule is O=C(c1ccccc1)c1ccc2[nH]cc(C(=O)NCc3ccc(Cl)cc3)c(=O)c2c1. The molecule has 0 spiro atoms. The lowest BCUT2D eigenvalue weighted by molar-refractivity contribution is 0.0949. The Morgan fingerprint density at radius 2 is 1.63 bits per heavy atom. The van der Waals surface area contributed by atoms with Gasteiger partial charge in [-0.3, -0.25) is 14.4 Å². The lowest BCUT2D eigenvalue weighted by Crippen LogP contribution is -2.28. The summed E-state index contributed by atoms with van der Waals surface area (Å²) >= 11 is 5.86. The van der Waals surface area contributed by atoms with E-state index in [4.69, 9.17) is 11.6 Å². The summed E-state index contributed by atoms with van der Waals surface area (Å²) in [6.45, 7) is 0.264. The molecule has 0 saturated heterocycles. The van der Waals surface area contributed by atoms with E-state index < -0.39 is 11.3 Å². The fourth-order valence-corrected chi connectivity index (χ4v) is 3.29. The van der Waals surface area contributed by atoms with Crippen molar-refractivity contribution in [2.45, 2.75) is 6.54 Å². The van der Waals surface area contributed by atoms with Crippen LogP contribution in [0.15, 0.2) is 83.8 Å². The average Bonchev–Trinajstić information content (AvgIpc) is 2.79. The Morgan fingerprint density at radius 1 is 0.900 bits per heavy atom. The lowest BCUT2D eigenvalue weighted by atomic mass is 10.0. The number of rotatable bonds is 5. The highest BCUT2D eigenvalue weighted by Crippen LogP contribution is 2.15. The quantitative estimate of drug-likeness (QED) is 0.475. The van der Waals surface area contributed by atoms with Crippen LogP contribution in [0.3, 0.4) is 0 Å². The van der Waals surface area contributed by atoms with Crippen LogP contribution in [0.25, 0.3) is 10.9 Å². The fraction of sp³-hybridized carbons (Fsp3) is 0.0417. The maximum absolute atomic E-state index is 12.9. The first-order valence-electron chi connectivity index (χ1n) is 9.31. The van der Waals surface area contributed by atoms with Crippen LogP contribution >= 0.6 is 11.6 Å². The molecular weight excluding hydrogens is 400 g/mol. The van der Waals surface area contributed by atoms with Crippen molar-refractivity contribution in [3.05, 3.63) is 116 Å². The molecule has 0 saturated carbocycles. The van der Waals surface area contributed by atoms with Gasteiger partial charge in [0.25, 0.3) is 5.91 Å². The van der Waals surface area contributed by atoms with Gasteiger partial charge in [0.05, 0.1) is 0 Å². The monoisotopic (exact) mass is 416 g/mol. The van der Waals surface area contributed by atoms with E-state index in [1.165, 1.54) is 12.3 Å². The number of halogens is 1. The fourth-order valence-electron chi connectivity index (χ4n) is 3.16. The maximum Gasteiger partial charge on any atom is 0.257 e. The highest BCUT2D eigenvalue weighted by Gasteiger charge is 2.15. The Labute approximate surface area is 177 Å². The Bertz CT molecular complexity index is 1300. The number of carbonyl (C=O) groups is 2. The molecule has 30 heavy (non-hydrogen) atoms. The van der Waals surface area contributed by atoms with Gasteiger partial charge in [-0.1, -0.05) is 54.1 Å². The van der Waals surface area contributed by atoms with Crippen LogP contribution in [0.2, 0.25) is 5.02 Å². The van der Waals surface area contributed by atoms with Crippen LogP contribution < -0.4 is 10.7 Å². The van der Waals surface area contributed by atoms with Crippen LogP contribution in [0.1, 0.15) is 31.8 Å². The summed E-state index contributed by atoms with van der Waals surface area (Å²) in [4.78, 5) is 41.2. The largest absolute Gasteiger partial charge is 0.360 e. The Morgan fingerprint density at radius 3 is 2.37 bits per heavy atom. The van der Waals surface area contributed by atoms with Crippen molar-refractivity contribution >= 4 is 34.2 Å². The van der Waals surface area contributed by atoms with Gasteiger partial charge in [-0.05, 0) is 35.9 Å². The smallest absolute Gasteiger partial charge is 0.257 e. The summed E-state index contributed by atoms with van der Waals surface area (Å²) in [5, 5.41) is 3.63. The summed E-state index contributed by atoms with van der Waals surface area (Å²) in [6.07, 6.45) is 1.39. The first-order chi connectivity index (χ1) is 14.5.